The number of fused-ring (bicyclic) bond motifs is 1. The molecule has 4 nitrogen and oxygen atoms in total. The van der Waals surface area contributed by atoms with E-state index in [-0.39, 0.29) is 19.1 Å². The average molecular weight is 259 g/mol. The number of alkyl halides is 2. The first-order valence-electron chi connectivity index (χ1n) is 5.35. The third-order valence-corrected chi connectivity index (χ3v) is 2.44. The zero-order valence-corrected chi connectivity index (χ0v) is 9.44. The van der Waals surface area contributed by atoms with Crippen molar-refractivity contribution in [3.05, 3.63) is 24.0 Å². The fraction of sp³-hybridized carbons (Fsp3) is 0.364. The molecule has 0 aliphatic rings. The molecule has 0 radical (unpaired) electrons. The summed E-state index contributed by atoms with van der Waals surface area (Å²) in [5.41, 5.74) is 6.75. The molecule has 0 spiro atoms. The standard InChI is InChI=1S/C11H12F3N3O/c12-7-1-2-8-9(5-7)17(11(15)16-8)3-4-18-6-10(13)14/h1-2,5,10H,3-4,6H2,(H2,15,16). The van der Waals surface area contributed by atoms with Crippen LogP contribution in [-0.4, -0.2) is 29.2 Å². The zero-order valence-electron chi connectivity index (χ0n) is 9.44. The van der Waals surface area contributed by atoms with Crippen LogP contribution in [-0.2, 0) is 11.3 Å². The Morgan fingerprint density at radius 3 is 2.89 bits per heavy atom. The van der Waals surface area contributed by atoms with Crippen LogP contribution in [0.4, 0.5) is 19.1 Å². The molecule has 0 unspecified atom stereocenters. The highest BCUT2D eigenvalue weighted by Crippen LogP contribution is 2.18. The van der Waals surface area contributed by atoms with Gasteiger partial charge in [0.25, 0.3) is 6.43 Å². The molecule has 2 rings (SSSR count). The van der Waals surface area contributed by atoms with Gasteiger partial charge in [0.15, 0.2) is 0 Å². The van der Waals surface area contributed by atoms with Crippen molar-refractivity contribution in [2.24, 2.45) is 0 Å². The maximum atomic E-state index is 13.1. The van der Waals surface area contributed by atoms with Crippen molar-refractivity contribution in [2.75, 3.05) is 18.9 Å². The summed E-state index contributed by atoms with van der Waals surface area (Å²) in [4.78, 5) is 4.04. The van der Waals surface area contributed by atoms with Crippen molar-refractivity contribution in [2.45, 2.75) is 13.0 Å². The van der Waals surface area contributed by atoms with Gasteiger partial charge in [-0.2, -0.15) is 0 Å². The van der Waals surface area contributed by atoms with E-state index in [0.29, 0.717) is 11.0 Å². The van der Waals surface area contributed by atoms with Crippen molar-refractivity contribution in [1.29, 1.82) is 0 Å². The van der Waals surface area contributed by atoms with Crippen LogP contribution in [0.15, 0.2) is 18.2 Å². The molecule has 1 heterocycles. The Kier molecular flexibility index (Phi) is 3.71. The Bertz CT molecular complexity index is 542. The van der Waals surface area contributed by atoms with E-state index in [2.05, 4.69) is 4.98 Å². The van der Waals surface area contributed by atoms with Gasteiger partial charge in [-0.1, -0.05) is 0 Å². The normalized spacial score (nSPS) is 11.6. The number of hydrogen-bond donors (Lipinski definition) is 1. The smallest absolute Gasteiger partial charge is 0.261 e. The molecule has 18 heavy (non-hydrogen) atoms. The minimum Gasteiger partial charge on any atom is -0.374 e. The Labute approximate surface area is 101 Å². The van der Waals surface area contributed by atoms with Crippen LogP contribution in [0.1, 0.15) is 0 Å². The quantitative estimate of drug-likeness (QED) is 0.836. The summed E-state index contributed by atoms with van der Waals surface area (Å²) in [5.74, 6) is -0.201. The minimum absolute atomic E-state index is 0.0660. The van der Waals surface area contributed by atoms with E-state index in [1.54, 1.807) is 0 Å². The van der Waals surface area contributed by atoms with E-state index in [1.165, 1.54) is 22.8 Å². The van der Waals surface area contributed by atoms with Gasteiger partial charge in [0.2, 0.25) is 5.95 Å². The number of rotatable bonds is 5. The van der Waals surface area contributed by atoms with Crippen LogP contribution in [0.25, 0.3) is 11.0 Å². The lowest BCUT2D eigenvalue weighted by atomic mass is 10.3. The number of anilines is 1. The second-order valence-corrected chi connectivity index (χ2v) is 3.72. The molecule has 0 bridgehead atoms. The first kappa shape index (κ1) is 12.7. The van der Waals surface area contributed by atoms with Crippen LogP contribution in [0.5, 0.6) is 0 Å². The molecular weight excluding hydrogens is 247 g/mol. The number of imidazole rings is 1. The van der Waals surface area contributed by atoms with Crippen molar-refractivity contribution in [1.82, 2.24) is 9.55 Å². The van der Waals surface area contributed by atoms with Gasteiger partial charge in [0, 0.05) is 6.54 Å². The lowest BCUT2D eigenvalue weighted by molar-refractivity contribution is 0.0151. The third kappa shape index (κ3) is 2.73. The number of nitrogen functional groups attached to an aromatic ring is 1. The molecule has 98 valence electrons. The van der Waals surface area contributed by atoms with E-state index in [0.717, 1.165) is 0 Å². The van der Waals surface area contributed by atoms with Crippen LogP contribution < -0.4 is 5.73 Å². The lowest BCUT2D eigenvalue weighted by Crippen LogP contribution is -2.12. The van der Waals surface area contributed by atoms with Crippen molar-refractivity contribution in [3.8, 4) is 0 Å². The van der Waals surface area contributed by atoms with Gasteiger partial charge in [-0.25, -0.2) is 18.2 Å². The second-order valence-electron chi connectivity index (χ2n) is 3.72. The second kappa shape index (κ2) is 5.26. The van der Waals surface area contributed by atoms with Crippen LogP contribution >= 0.6 is 0 Å². The number of aromatic nitrogens is 2. The molecule has 1 aromatic heterocycles. The number of nitrogens with two attached hydrogens (primary N) is 1. The number of halogens is 3. The zero-order chi connectivity index (χ0) is 13.1. The first-order chi connectivity index (χ1) is 8.58. The number of nitrogens with zero attached hydrogens (tertiary/aromatic N) is 2. The first-order valence-corrected chi connectivity index (χ1v) is 5.35. The molecule has 0 aliphatic heterocycles. The Morgan fingerprint density at radius 2 is 2.17 bits per heavy atom. The van der Waals surface area contributed by atoms with Crippen molar-refractivity contribution in [3.63, 3.8) is 0 Å². The fourth-order valence-corrected chi connectivity index (χ4v) is 1.68. The van der Waals surface area contributed by atoms with Gasteiger partial charge < -0.3 is 15.0 Å². The van der Waals surface area contributed by atoms with Crippen molar-refractivity contribution >= 4 is 17.0 Å². The largest absolute Gasteiger partial charge is 0.374 e. The van der Waals surface area contributed by atoms with Crippen LogP contribution in [0.2, 0.25) is 0 Å². The van der Waals surface area contributed by atoms with E-state index in [4.69, 9.17) is 10.5 Å². The molecule has 0 saturated carbocycles. The molecule has 7 heteroatoms. The monoisotopic (exact) mass is 259 g/mol. The Morgan fingerprint density at radius 1 is 1.39 bits per heavy atom. The number of ether oxygens (including phenoxy) is 1. The van der Waals surface area contributed by atoms with Crippen LogP contribution in [0, 0.1) is 5.82 Å². The van der Waals surface area contributed by atoms with Gasteiger partial charge in [0.1, 0.15) is 12.4 Å². The molecule has 2 N–H and O–H groups in total. The van der Waals surface area contributed by atoms with Gasteiger partial charge in [-0.15, -0.1) is 0 Å². The summed E-state index contributed by atoms with van der Waals surface area (Å²) < 4.78 is 43.1. The molecule has 0 fully saturated rings. The Balaban J connectivity index is 2.12. The summed E-state index contributed by atoms with van der Waals surface area (Å²) in [7, 11) is 0. The maximum Gasteiger partial charge on any atom is 0.261 e. The van der Waals surface area contributed by atoms with E-state index in [9.17, 15) is 13.2 Å². The summed E-state index contributed by atoms with van der Waals surface area (Å²) >= 11 is 0. The lowest BCUT2D eigenvalue weighted by Gasteiger charge is -2.07. The highest BCUT2D eigenvalue weighted by Gasteiger charge is 2.09. The highest BCUT2D eigenvalue weighted by molar-refractivity contribution is 5.78. The topological polar surface area (TPSA) is 53.1 Å². The Hall–Kier alpha value is -1.76. The molecule has 0 saturated heterocycles. The van der Waals surface area contributed by atoms with E-state index < -0.39 is 18.8 Å². The molecule has 2 aromatic rings. The van der Waals surface area contributed by atoms with E-state index in [1.807, 2.05) is 0 Å². The molecule has 0 amide bonds. The summed E-state index contributed by atoms with van der Waals surface area (Å²) in [6, 6.07) is 4.09. The van der Waals surface area contributed by atoms with E-state index >= 15 is 0 Å². The summed E-state index contributed by atoms with van der Waals surface area (Å²) in [6.45, 7) is -0.310. The molecular formula is C11H12F3N3O. The highest BCUT2D eigenvalue weighted by atomic mass is 19.3. The van der Waals surface area contributed by atoms with Gasteiger partial charge in [-0.3, -0.25) is 0 Å². The molecule has 0 aliphatic carbocycles. The van der Waals surface area contributed by atoms with Gasteiger partial charge in [0.05, 0.1) is 17.6 Å². The molecule has 1 aromatic carbocycles. The summed E-state index contributed by atoms with van der Waals surface area (Å²) in [6.07, 6.45) is -2.50. The minimum atomic E-state index is -2.50. The SMILES string of the molecule is Nc1nc2ccc(F)cc2n1CCOCC(F)F. The van der Waals surface area contributed by atoms with Crippen LogP contribution in [0.3, 0.4) is 0 Å². The molecule has 0 atom stereocenters. The van der Waals surface area contributed by atoms with Gasteiger partial charge in [-0.05, 0) is 18.2 Å². The number of hydrogen-bond acceptors (Lipinski definition) is 3. The van der Waals surface area contributed by atoms with Crippen molar-refractivity contribution < 1.29 is 17.9 Å². The predicted octanol–water partition coefficient (Wildman–Crippen LogP) is 2.04. The number of benzene rings is 1. The van der Waals surface area contributed by atoms with Gasteiger partial charge >= 0.3 is 0 Å². The fourth-order valence-electron chi connectivity index (χ4n) is 1.68. The third-order valence-electron chi connectivity index (χ3n) is 2.44. The average Bonchev–Trinajstić information content (AvgIpc) is 2.60. The predicted molar refractivity (Wildman–Crippen MR) is 60.9 cm³/mol. The maximum absolute atomic E-state index is 13.1. The summed E-state index contributed by atoms with van der Waals surface area (Å²) in [5, 5.41) is 0.